The number of nitrogen functional groups attached to an aromatic ring is 1. The molecule has 536 valence electrons. The van der Waals surface area contributed by atoms with Gasteiger partial charge in [-0.2, -0.15) is 25.8 Å². The predicted molar refractivity (Wildman–Crippen MR) is 401 cm³/mol. The van der Waals surface area contributed by atoms with E-state index in [-0.39, 0.29) is 75.2 Å². The number of nitrogens with two attached hydrogens (primary N) is 1. The highest BCUT2D eigenvalue weighted by atomic mass is 35.5. The van der Waals surface area contributed by atoms with Crippen LogP contribution in [0.2, 0.25) is 0 Å². The Morgan fingerprint density at radius 1 is 0.567 bits per heavy atom. The average Bonchev–Trinajstić information content (AvgIpc) is 1.44. The molecule has 9 aromatic rings. The van der Waals surface area contributed by atoms with Crippen LogP contribution in [0.5, 0.6) is 0 Å². The van der Waals surface area contributed by atoms with Crippen molar-refractivity contribution < 1.29 is 13.7 Å². The highest BCUT2D eigenvalue weighted by Gasteiger charge is 2.44. The molecule has 6 aromatic heterocycles. The summed E-state index contributed by atoms with van der Waals surface area (Å²) in [7, 11) is -1.31. The van der Waals surface area contributed by atoms with Crippen molar-refractivity contribution in [2.24, 2.45) is 35.5 Å². The van der Waals surface area contributed by atoms with E-state index in [1.165, 1.54) is 85.9 Å². The lowest BCUT2D eigenvalue weighted by Gasteiger charge is -2.31. The molecule has 104 heavy (non-hydrogen) atoms. The first kappa shape index (κ1) is 71.1. The van der Waals surface area contributed by atoms with Crippen molar-refractivity contribution in [3.8, 4) is 18.2 Å². The van der Waals surface area contributed by atoms with E-state index in [0.717, 1.165) is 111 Å². The molecular formula is C79H86ClN17O6S. The highest BCUT2D eigenvalue weighted by molar-refractivity contribution is 7.84. The molecule has 0 radical (unpaired) electrons. The second-order valence-electron chi connectivity index (χ2n) is 30.6. The predicted octanol–water partition coefficient (Wildman–Crippen LogP) is 12.8. The molecule has 6 fully saturated rings. The maximum Gasteiger partial charge on any atom is 0.410 e. The molecule has 0 spiro atoms. The van der Waals surface area contributed by atoms with E-state index in [9.17, 15) is 39.2 Å². The molecule has 23 nitrogen and oxygen atoms in total. The number of pyridine rings is 3. The van der Waals surface area contributed by atoms with E-state index in [4.69, 9.17) is 20.4 Å². The van der Waals surface area contributed by atoms with Crippen molar-refractivity contribution in [2.45, 2.75) is 178 Å². The Morgan fingerprint density at radius 3 is 1.48 bits per heavy atom. The summed E-state index contributed by atoms with van der Waals surface area (Å²) in [5.74, 6) is 4.32. The summed E-state index contributed by atoms with van der Waals surface area (Å²) in [5, 5.41) is 40.7. The number of carbonyl (C=O) groups is 1. The molecule has 18 rings (SSSR count). The molecule has 1 amide bonds. The van der Waals surface area contributed by atoms with E-state index in [1.807, 2.05) is 51.1 Å². The summed E-state index contributed by atoms with van der Waals surface area (Å²) in [6.45, 7) is 8.60. The Labute approximate surface area is 611 Å². The third-order valence-electron chi connectivity index (χ3n) is 22.9. The van der Waals surface area contributed by atoms with E-state index in [2.05, 4.69) is 78.4 Å². The van der Waals surface area contributed by atoms with Gasteiger partial charge in [0.05, 0.1) is 10.8 Å². The second-order valence-corrected chi connectivity index (χ2v) is 31.9. The Balaban J connectivity index is 0.000000124. The average molecular weight is 1440 g/mol. The molecule has 1 unspecified atom stereocenters. The number of rotatable bonds is 8. The van der Waals surface area contributed by atoms with Crippen LogP contribution in [-0.2, 0) is 54.3 Å². The van der Waals surface area contributed by atoms with E-state index in [0.29, 0.717) is 88.2 Å². The van der Waals surface area contributed by atoms with Gasteiger partial charge in [0.25, 0.3) is 16.7 Å². The number of carbonyl (C=O) groups excluding carboxylic acids is 1. The minimum atomic E-state index is -1.31. The SMILES string of the molecule is CC(C)(C)OC(=O)N1CCc2cc(Nc3ncc4cc(C#N)c(=O)n([C@H]5C[C@@H]6CC[C@H]5C6)c4n3)ccc2C1.CS(=O)c1ncc2cc(C#N)c(=O)n([C@H]3C[C@@H]4CC[C@H]3C4)c2n1.Cl.N#Cc1cc2cnc(Nc3ccc4c(c3)CCNC4)nc2n([C@H]2C[C@@H]3CC[C@H]2C3)c1=O.Nc1ccc2c(c1)CCCC2. The minimum Gasteiger partial charge on any atom is -0.444 e. The third-order valence-corrected chi connectivity index (χ3v) is 23.6. The number of nitrogens with zero attached hydrogens (tertiary/aromatic N) is 13. The van der Waals surface area contributed by atoms with Crippen LogP contribution < -0.4 is 38.4 Å². The number of halogens is 1. The second kappa shape index (κ2) is 29.7. The Kier molecular flexibility index (Phi) is 20.3. The molecular weight excluding hydrogens is 1350 g/mol. The number of nitrogens with one attached hydrogen (secondary N) is 3. The van der Waals surface area contributed by atoms with Crippen LogP contribution in [0.3, 0.4) is 0 Å². The largest absolute Gasteiger partial charge is 0.444 e. The Bertz CT molecular complexity index is 5220. The van der Waals surface area contributed by atoms with Gasteiger partial charge in [0.1, 0.15) is 57.4 Å². The van der Waals surface area contributed by atoms with Gasteiger partial charge in [-0.3, -0.25) is 32.3 Å². The number of anilines is 5. The molecule has 8 heterocycles. The fraction of sp³-hybridized carbons (Fsp3) is 0.456. The molecule has 25 heteroatoms. The zero-order valence-electron chi connectivity index (χ0n) is 59.1. The number of hydrogen-bond acceptors (Lipinski definition) is 19. The molecule has 3 aromatic carbocycles. The van der Waals surface area contributed by atoms with Gasteiger partial charge in [-0.15, -0.1) is 12.4 Å². The summed E-state index contributed by atoms with van der Waals surface area (Å²) in [5.41, 5.74) is 17.1. The Morgan fingerprint density at radius 2 is 1.02 bits per heavy atom. The van der Waals surface area contributed by atoms with Crippen LogP contribution in [0.4, 0.5) is 33.8 Å². The van der Waals surface area contributed by atoms with Gasteiger partial charge in [0, 0.05) is 95.8 Å². The highest BCUT2D eigenvalue weighted by Crippen LogP contribution is 2.53. The molecule has 2 aliphatic heterocycles. The van der Waals surface area contributed by atoms with Crippen molar-refractivity contribution in [3.05, 3.63) is 173 Å². The molecule has 9 aliphatic rings. The number of aryl methyl sites for hydroxylation is 2. The van der Waals surface area contributed by atoms with E-state index in [1.54, 1.807) is 49.3 Å². The van der Waals surface area contributed by atoms with Crippen LogP contribution in [0.1, 0.15) is 179 Å². The minimum absolute atomic E-state index is 0. The number of hydrogen-bond donors (Lipinski definition) is 4. The van der Waals surface area contributed by atoms with Gasteiger partial charge in [0.15, 0.2) is 0 Å². The van der Waals surface area contributed by atoms with Crippen LogP contribution in [0.25, 0.3) is 33.1 Å². The lowest BCUT2D eigenvalue weighted by molar-refractivity contribution is 0.0224. The summed E-state index contributed by atoms with van der Waals surface area (Å²) < 4.78 is 22.5. The molecule has 5 N–H and O–H groups in total. The normalized spacial score (nSPS) is 23.0. The maximum atomic E-state index is 13.3. The fourth-order valence-electron chi connectivity index (χ4n) is 18.0. The number of fused-ring (bicyclic) bond motifs is 12. The molecule has 6 saturated carbocycles. The fourth-order valence-corrected chi connectivity index (χ4v) is 18.4. The monoisotopic (exact) mass is 1440 g/mol. The number of ether oxygens (including phenoxy) is 1. The summed E-state index contributed by atoms with van der Waals surface area (Å²) in [4.78, 5) is 80.4. The smallest absolute Gasteiger partial charge is 0.410 e. The molecule has 10 atom stereocenters. The van der Waals surface area contributed by atoms with Crippen molar-refractivity contribution in [1.82, 2.24) is 53.8 Å². The maximum absolute atomic E-state index is 13.3. The zero-order valence-corrected chi connectivity index (χ0v) is 60.7. The van der Waals surface area contributed by atoms with Crippen molar-refractivity contribution in [1.29, 1.82) is 15.8 Å². The van der Waals surface area contributed by atoms with Crippen LogP contribution in [0, 0.1) is 69.5 Å². The third kappa shape index (κ3) is 14.6. The summed E-state index contributed by atoms with van der Waals surface area (Å²) in [6.07, 6.45) is 26.6. The molecule has 6 bridgehead atoms. The number of benzene rings is 3. The summed E-state index contributed by atoms with van der Waals surface area (Å²) >= 11 is 0. The lowest BCUT2D eigenvalue weighted by atomic mass is 9.91. The first-order valence-electron chi connectivity index (χ1n) is 36.5. The summed E-state index contributed by atoms with van der Waals surface area (Å²) in [6, 6.07) is 29.8. The van der Waals surface area contributed by atoms with E-state index >= 15 is 0 Å². The lowest BCUT2D eigenvalue weighted by Crippen LogP contribution is -2.39. The van der Waals surface area contributed by atoms with Crippen molar-refractivity contribution in [3.63, 3.8) is 0 Å². The quantitative estimate of drug-likeness (QED) is 0.0811. The first-order chi connectivity index (χ1) is 49.8. The van der Waals surface area contributed by atoms with Gasteiger partial charge in [-0.05, 0) is 247 Å². The standard InChI is InChI=1S/C29H32N6O3.C24H24N6O.C16H16N4O2S.C10H13N.ClH/c1-29(2,3)38-28(37)34-9-8-18-13-23(7-6-20(18)16-34)32-27-31-15-22-12-21(14-30)26(36)35(25(22)33-27)24-11-17-4-5-19(24)10-17;25-11-18-9-19-13-27-24(28-20-4-3-17-12-26-6-5-15(17)10-20)29-22(19)30(23(18)31)21-8-14-1-2-16(21)7-14;1-23(22)16-18-8-12-6-11(7-17)15(21)20(14(12)19-16)13-5-9-2-3-10(13)4-9;11-10-6-5-8-3-1-2-4-9(8)7-10;/h6-7,12-13,15,17,19,24H,4-5,8-11,16H2,1-3H3,(H,31,32,33);3-4,9-10,13-14,16,21,26H,1-2,5-8,12H2,(H,27,28,29);6,8-10,13H,2-5H2,1H3;5-7H,1-4,11H2;1H/t17-,19+,24+;14-,16+,21+;9-,10+,13+,23?;;/m111../s1. The van der Waals surface area contributed by atoms with E-state index < -0.39 is 16.4 Å². The van der Waals surface area contributed by atoms with Crippen LogP contribution in [0.15, 0.2) is 111 Å². The first-order valence-corrected chi connectivity index (χ1v) is 38.0. The van der Waals surface area contributed by atoms with Gasteiger partial charge in [-0.1, -0.05) is 37.5 Å². The van der Waals surface area contributed by atoms with Crippen molar-refractivity contribution in [2.75, 3.05) is 35.7 Å². The number of aromatic nitrogens is 9. The zero-order chi connectivity index (χ0) is 71.4. The van der Waals surface area contributed by atoms with Crippen LogP contribution in [-0.4, -0.2) is 83.8 Å². The van der Waals surface area contributed by atoms with Gasteiger partial charge < -0.3 is 31.3 Å². The van der Waals surface area contributed by atoms with Gasteiger partial charge in [0.2, 0.25) is 17.1 Å². The molecule has 0 saturated heterocycles. The van der Waals surface area contributed by atoms with Gasteiger partial charge >= 0.3 is 6.09 Å². The topological polar surface area (TPSA) is 323 Å². The Hall–Kier alpha value is -9.93. The van der Waals surface area contributed by atoms with Crippen LogP contribution >= 0.6 is 12.4 Å². The van der Waals surface area contributed by atoms with Gasteiger partial charge in [-0.25, -0.2) is 24.7 Å². The number of amides is 1. The number of nitriles is 3. The van der Waals surface area contributed by atoms with Crippen molar-refractivity contribution >= 4 is 91.4 Å². The molecule has 7 aliphatic carbocycles.